The van der Waals surface area contributed by atoms with Gasteiger partial charge in [0.25, 0.3) is 0 Å². The zero-order valence-corrected chi connectivity index (χ0v) is 7.56. The molecule has 0 saturated carbocycles. The van der Waals surface area contributed by atoms with Crippen LogP contribution in [-0.2, 0) is 50.5 Å². The van der Waals surface area contributed by atoms with Crippen LogP contribution >= 0.6 is 0 Å². The van der Waals surface area contributed by atoms with Crippen LogP contribution in [0.1, 0.15) is 0 Å². The van der Waals surface area contributed by atoms with Crippen LogP contribution in [0.3, 0.4) is 0 Å². The molecule has 37 valence electrons. The Labute approximate surface area is 50.7 Å². The second-order valence-corrected chi connectivity index (χ2v) is 3.07. The molecule has 0 bridgehead atoms. The van der Waals surface area contributed by atoms with Gasteiger partial charge in [0.05, 0.1) is 0 Å². The van der Waals surface area contributed by atoms with E-state index in [1.807, 2.05) is 0 Å². The maximum absolute atomic E-state index is 8.64. The van der Waals surface area contributed by atoms with Crippen molar-refractivity contribution < 1.29 is 50.5 Å². The molecule has 0 heterocycles. The molecule has 5 nitrogen and oxygen atoms in total. The molecule has 0 aromatic carbocycles. The quantitative estimate of drug-likeness (QED) is 0.483. The van der Waals surface area contributed by atoms with Crippen molar-refractivity contribution in [1.82, 2.24) is 0 Å². The number of hydrogen-bond donors (Lipinski definition) is 0. The summed E-state index contributed by atoms with van der Waals surface area (Å²) in [5, 5.41) is 0. The minimum Gasteiger partial charge on any atom is 0 e. The summed E-state index contributed by atoms with van der Waals surface area (Å²) in [7, 11) is 0. The molecule has 0 aromatic rings. The summed E-state index contributed by atoms with van der Waals surface area (Å²) >= 11 is -7.74. The van der Waals surface area contributed by atoms with Crippen molar-refractivity contribution in [1.29, 1.82) is 0 Å². The Hall–Kier alpha value is 0.208. The van der Waals surface area contributed by atoms with Crippen LogP contribution in [0, 0.1) is 0 Å². The first-order valence-corrected chi connectivity index (χ1v) is 3.76. The van der Waals surface area contributed by atoms with Crippen LogP contribution in [0.2, 0.25) is 0 Å². The fraction of sp³-hybridized carbons (Fsp3) is 0. The Morgan fingerprint density at radius 3 is 0.714 bits per heavy atom. The maximum atomic E-state index is 8.64. The summed E-state index contributed by atoms with van der Waals surface area (Å²) < 4.78 is 43.2. The summed E-state index contributed by atoms with van der Waals surface area (Å²) in [6.07, 6.45) is 0. The second kappa shape index (κ2) is 1.62. The molecule has 7 heteroatoms. The molecule has 7 heavy (non-hydrogen) atoms. The maximum Gasteiger partial charge on any atom is 0 e. The molecule has 0 atom stereocenters. The molecule has 0 amide bonds. The minimum atomic E-state index is -7.74. The van der Waals surface area contributed by atoms with Crippen LogP contribution < -0.4 is 0 Å². The second-order valence-electron chi connectivity index (χ2n) is 0.745. The summed E-state index contributed by atoms with van der Waals surface area (Å²) in [6.45, 7) is 0. The van der Waals surface area contributed by atoms with E-state index in [-0.39, 0.29) is 19.5 Å². The van der Waals surface area contributed by atoms with E-state index >= 15 is 0 Å². The van der Waals surface area contributed by atoms with Crippen LogP contribution in [0.5, 0.6) is 0 Å². The van der Waals surface area contributed by atoms with E-state index in [2.05, 4.69) is 0 Å². The standard InChI is InChI=1S/5O.V.Zn. The first-order chi connectivity index (χ1) is 2.24. The third-order valence-corrected chi connectivity index (χ3v) is 0. The van der Waals surface area contributed by atoms with Gasteiger partial charge in [0, 0.05) is 19.5 Å². The number of hydrogen-bond acceptors (Lipinski definition) is 5. The molecule has 0 rings (SSSR count). The Morgan fingerprint density at radius 1 is 0.714 bits per heavy atom. The van der Waals surface area contributed by atoms with E-state index in [9.17, 15) is 0 Å². The zero-order chi connectivity index (χ0) is 5.45. The molecule has 0 aliphatic rings. The van der Waals surface area contributed by atoms with Gasteiger partial charge in [-0.05, 0) is 0 Å². The van der Waals surface area contributed by atoms with Crippen molar-refractivity contribution in [2.24, 2.45) is 0 Å². The average molecular weight is 196 g/mol. The fourth-order valence-electron chi connectivity index (χ4n) is 0. The molecule has 0 saturated heterocycles. The van der Waals surface area contributed by atoms with Crippen LogP contribution in [-0.4, -0.2) is 0 Å². The van der Waals surface area contributed by atoms with E-state index in [1.165, 1.54) is 0 Å². The molecular weight excluding hydrogens is 196 g/mol. The van der Waals surface area contributed by atoms with Gasteiger partial charge in [0.15, 0.2) is 0 Å². The molecule has 0 spiro atoms. The van der Waals surface area contributed by atoms with Gasteiger partial charge in [-0.1, -0.05) is 0 Å². The molecule has 0 aromatic heterocycles. The molecule has 0 radical (unpaired) electrons. The first-order valence-electron chi connectivity index (χ1n) is 0.913. The van der Waals surface area contributed by atoms with E-state index in [1.54, 1.807) is 0 Å². The molecule has 0 aliphatic heterocycles. The van der Waals surface area contributed by atoms with Crippen molar-refractivity contribution in [3.8, 4) is 0 Å². The third-order valence-electron chi connectivity index (χ3n) is 0. The summed E-state index contributed by atoms with van der Waals surface area (Å²) in [4.78, 5) is 0. The molecule has 0 N–H and O–H groups in total. The topological polar surface area (TPSA) is 85.3 Å². The Kier molecular flexibility index (Phi) is 2.36. The Balaban J connectivity index is 0. The van der Waals surface area contributed by atoms with Crippen LogP contribution in [0.4, 0.5) is 0 Å². The van der Waals surface area contributed by atoms with E-state index in [4.69, 9.17) is 18.4 Å². The van der Waals surface area contributed by atoms with Crippen molar-refractivity contribution in [3.05, 3.63) is 0 Å². The van der Waals surface area contributed by atoms with E-state index < -0.39 is 12.6 Å². The Bertz CT molecular complexity index is 278. The predicted octanol–water partition coefficient (Wildman–Crippen LogP) is -0.599. The fourth-order valence-corrected chi connectivity index (χ4v) is 0. The van der Waals surface area contributed by atoms with Crippen molar-refractivity contribution >= 4 is 0 Å². The smallest absolute Gasteiger partial charge is 0 e. The number of rotatable bonds is 0. The largest absolute Gasteiger partial charge is 0 e. The Morgan fingerprint density at radius 2 is 0.714 bits per heavy atom. The van der Waals surface area contributed by atoms with Gasteiger partial charge in [0.2, 0.25) is 0 Å². The molecule has 0 aliphatic carbocycles. The summed E-state index contributed by atoms with van der Waals surface area (Å²) in [5.74, 6) is 0. The third kappa shape index (κ3) is 2550. The normalized spacial score (nSPS) is 8.57. The SMILES string of the molecule is [O]=[V](=[O])(=[O])(=[O])=[O].[Zn]. The monoisotopic (exact) mass is 195 g/mol. The van der Waals surface area contributed by atoms with Gasteiger partial charge in [-0.2, -0.15) is 0 Å². The zero-order valence-electron chi connectivity index (χ0n) is 3.20. The summed E-state index contributed by atoms with van der Waals surface area (Å²) in [6, 6.07) is 0. The van der Waals surface area contributed by atoms with Crippen LogP contribution in [0.25, 0.3) is 0 Å². The van der Waals surface area contributed by atoms with Gasteiger partial charge in [-0.3, -0.25) is 0 Å². The molecule has 0 fully saturated rings. The van der Waals surface area contributed by atoms with Crippen molar-refractivity contribution in [2.75, 3.05) is 0 Å². The van der Waals surface area contributed by atoms with Crippen molar-refractivity contribution in [3.63, 3.8) is 0 Å². The minimum absolute atomic E-state index is 0. The van der Waals surface area contributed by atoms with E-state index in [0.717, 1.165) is 0 Å². The predicted molar refractivity (Wildman–Crippen MR) is 3.43 cm³/mol. The average Bonchev–Trinajstić information content (AvgIpc) is 0.650. The van der Waals surface area contributed by atoms with E-state index in [0.29, 0.717) is 0 Å². The van der Waals surface area contributed by atoms with Crippen molar-refractivity contribution in [2.45, 2.75) is 0 Å². The first kappa shape index (κ1) is 10.2. The summed E-state index contributed by atoms with van der Waals surface area (Å²) in [5.41, 5.74) is 0. The van der Waals surface area contributed by atoms with Gasteiger partial charge in [-0.25, -0.2) is 0 Å². The van der Waals surface area contributed by atoms with Crippen LogP contribution in [0.15, 0.2) is 0 Å². The molecule has 0 unspecified atom stereocenters. The van der Waals surface area contributed by atoms with Gasteiger partial charge >= 0.3 is 31.0 Å². The molecular formula is O5VZn. The van der Waals surface area contributed by atoms with Gasteiger partial charge in [0.1, 0.15) is 0 Å². The van der Waals surface area contributed by atoms with Gasteiger partial charge in [-0.15, -0.1) is 0 Å². The van der Waals surface area contributed by atoms with Gasteiger partial charge < -0.3 is 0 Å².